The summed E-state index contributed by atoms with van der Waals surface area (Å²) >= 11 is 7.32. The average Bonchev–Trinajstić information content (AvgIpc) is 2.78. The molecule has 7 nitrogen and oxygen atoms in total. The molecule has 0 bridgehead atoms. The van der Waals surface area contributed by atoms with Crippen molar-refractivity contribution >= 4 is 52.5 Å². The number of ether oxygens (including phenoxy) is 1. The fraction of sp³-hybridized carbons (Fsp3) is 0.261. The normalized spacial score (nSPS) is 17.4. The first kappa shape index (κ1) is 23.7. The van der Waals surface area contributed by atoms with E-state index >= 15 is 0 Å². The third kappa shape index (κ3) is 6.27. The highest BCUT2D eigenvalue weighted by atomic mass is 35.5. The molecule has 32 heavy (non-hydrogen) atoms. The van der Waals surface area contributed by atoms with E-state index in [0.29, 0.717) is 35.0 Å². The first-order valence-electron chi connectivity index (χ1n) is 9.92. The number of carbonyl (C=O) groups is 3. The van der Waals surface area contributed by atoms with Crippen LogP contribution in [0.15, 0.2) is 59.5 Å². The van der Waals surface area contributed by atoms with E-state index in [0.717, 1.165) is 4.90 Å². The van der Waals surface area contributed by atoms with Gasteiger partial charge in [-0.15, -0.1) is 11.8 Å². The Hall–Kier alpha value is -2.97. The lowest BCUT2D eigenvalue weighted by Gasteiger charge is -2.24. The fourth-order valence-corrected chi connectivity index (χ4v) is 4.23. The molecule has 3 N–H and O–H groups in total. The number of halogens is 1. The number of thioether (sulfide) groups is 1. The first-order chi connectivity index (χ1) is 15.4. The predicted octanol–water partition coefficient (Wildman–Crippen LogP) is 4.68. The Morgan fingerprint density at radius 1 is 1.06 bits per heavy atom. The Balaban J connectivity index is 1.53. The summed E-state index contributed by atoms with van der Waals surface area (Å²) in [6.45, 7) is 0. The molecule has 0 radical (unpaired) electrons. The van der Waals surface area contributed by atoms with E-state index in [1.54, 1.807) is 48.5 Å². The van der Waals surface area contributed by atoms with Gasteiger partial charge in [0.15, 0.2) is 0 Å². The van der Waals surface area contributed by atoms with Crippen molar-refractivity contribution in [2.75, 3.05) is 23.5 Å². The van der Waals surface area contributed by atoms with Crippen molar-refractivity contribution < 1.29 is 24.2 Å². The molecule has 2 atom stereocenters. The lowest BCUT2D eigenvalue weighted by molar-refractivity contribution is -0.146. The van der Waals surface area contributed by atoms with Crippen LogP contribution in [0.3, 0.4) is 0 Å². The average molecular weight is 475 g/mol. The van der Waals surface area contributed by atoms with Gasteiger partial charge in [0.1, 0.15) is 5.75 Å². The Bertz CT molecular complexity index is 1030. The molecule has 0 heterocycles. The number of anilines is 2. The topological polar surface area (TPSA) is 105 Å². The molecular formula is C23H23ClN2O5S. The van der Waals surface area contributed by atoms with Crippen LogP contribution in [0.25, 0.3) is 0 Å². The minimum absolute atomic E-state index is 0.177. The zero-order chi connectivity index (χ0) is 23.1. The molecule has 168 valence electrons. The maximum absolute atomic E-state index is 12.5. The number of benzene rings is 2. The highest BCUT2D eigenvalue weighted by molar-refractivity contribution is 8.00. The van der Waals surface area contributed by atoms with Crippen molar-refractivity contribution in [3.8, 4) is 5.75 Å². The van der Waals surface area contributed by atoms with Crippen molar-refractivity contribution in [3.05, 3.63) is 59.6 Å². The summed E-state index contributed by atoms with van der Waals surface area (Å²) in [7, 11) is 1.51. The highest BCUT2D eigenvalue weighted by Gasteiger charge is 2.33. The van der Waals surface area contributed by atoms with Crippen LogP contribution in [0.4, 0.5) is 11.4 Å². The van der Waals surface area contributed by atoms with Crippen LogP contribution in [0, 0.1) is 11.8 Å². The van der Waals surface area contributed by atoms with Crippen LogP contribution in [0.5, 0.6) is 5.75 Å². The molecule has 0 spiro atoms. The number of rotatable bonds is 8. The van der Waals surface area contributed by atoms with E-state index in [1.807, 2.05) is 6.08 Å². The monoisotopic (exact) mass is 474 g/mol. The zero-order valence-corrected chi connectivity index (χ0v) is 18.9. The maximum atomic E-state index is 12.5. The van der Waals surface area contributed by atoms with Crippen molar-refractivity contribution in [2.45, 2.75) is 17.7 Å². The SMILES string of the molecule is COc1ccc(Cl)cc1NC(=O)CSc1ccc(NC(=O)C2CC=CCC2C(=O)O)cc1. The van der Waals surface area contributed by atoms with Crippen LogP contribution < -0.4 is 15.4 Å². The first-order valence-corrected chi connectivity index (χ1v) is 11.3. The Morgan fingerprint density at radius 2 is 1.75 bits per heavy atom. The van der Waals surface area contributed by atoms with Gasteiger partial charge in [0.05, 0.1) is 30.4 Å². The summed E-state index contributed by atoms with van der Waals surface area (Å²) < 4.78 is 5.22. The van der Waals surface area contributed by atoms with Crippen molar-refractivity contribution in [1.29, 1.82) is 0 Å². The zero-order valence-electron chi connectivity index (χ0n) is 17.3. The number of hydrogen-bond acceptors (Lipinski definition) is 5. The molecule has 3 rings (SSSR count). The van der Waals surface area contributed by atoms with E-state index in [1.165, 1.54) is 18.9 Å². The highest BCUT2D eigenvalue weighted by Crippen LogP contribution is 2.29. The number of methoxy groups -OCH3 is 1. The van der Waals surface area contributed by atoms with Gasteiger partial charge in [-0.05, 0) is 55.3 Å². The summed E-state index contributed by atoms with van der Waals surface area (Å²) in [4.78, 5) is 37.1. The molecule has 0 fully saturated rings. The molecule has 0 saturated heterocycles. The van der Waals surface area contributed by atoms with Crippen LogP contribution in [0.2, 0.25) is 5.02 Å². The molecule has 2 amide bonds. The maximum Gasteiger partial charge on any atom is 0.307 e. The molecule has 9 heteroatoms. The van der Waals surface area contributed by atoms with Crippen LogP contribution >= 0.6 is 23.4 Å². The molecule has 0 saturated carbocycles. The fourth-order valence-electron chi connectivity index (χ4n) is 3.36. The van der Waals surface area contributed by atoms with Crippen molar-refractivity contribution in [3.63, 3.8) is 0 Å². The van der Waals surface area contributed by atoms with Gasteiger partial charge in [0.25, 0.3) is 0 Å². The largest absolute Gasteiger partial charge is 0.495 e. The summed E-state index contributed by atoms with van der Waals surface area (Å²) in [5.74, 6) is -2.10. The van der Waals surface area contributed by atoms with Gasteiger partial charge in [-0.1, -0.05) is 23.8 Å². The minimum atomic E-state index is -0.963. The second-order valence-corrected chi connectivity index (χ2v) is 8.67. The van der Waals surface area contributed by atoms with Gasteiger partial charge in [-0.25, -0.2) is 0 Å². The van der Waals surface area contributed by atoms with E-state index in [-0.39, 0.29) is 17.6 Å². The molecule has 0 aromatic heterocycles. The van der Waals surface area contributed by atoms with Gasteiger partial charge in [0.2, 0.25) is 11.8 Å². The number of amides is 2. The van der Waals surface area contributed by atoms with E-state index in [4.69, 9.17) is 16.3 Å². The Labute approximate surface area is 195 Å². The number of nitrogens with one attached hydrogen (secondary N) is 2. The van der Waals surface area contributed by atoms with Crippen molar-refractivity contribution in [2.24, 2.45) is 11.8 Å². The number of hydrogen-bond donors (Lipinski definition) is 3. The van der Waals surface area contributed by atoms with E-state index < -0.39 is 17.8 Å². The summed E-state index contributed by atoms with van der Waals surface area (Å²) in [5.41, 5.74) is 1.08. The van der Waals surface area contributed by atoms with Crippen LogP contribution in [-0.2, 0) is 14.4 Å². The smallest absolute Gasteiger partial charge is 0.307 e. The molecule has 2 aromatic carbocycles. The number of carboxylic acid groups (broad SMARTS) is 1. The Morgan fingerprint density at radius 3 is 2.41 bits per heavy atom. The number of carbonyl (C=O) groups excluding carboxylic acids is 2. The van der Waals surface area contributed by atoms with Crippen LogP contribution in [0.1, 0.15) is 12.8 Å². The van der Waals surface area contributed by atoms with E-state index in [9.17, 15) is 19.5 Å². The number of allylic oxidation sites excluding steroid dienone is 2. The van der Waals surface area contributed by atoms with Gasteiger partial charge in [-0.3, -0.25) is 14.4 Å². The summed E-state index contributed by atoms with van der Waals surface area (Å²) in [5, 5.41) is 15.4. The second kappa shape index (κ2) is 11.1. The molecule has 0 aliphatic heterocycles. The quantitative estimate of drug-likeness (QED) is 0.379. The third-order valence-electron chi connectivity index (χ3n) is 5.01. The lowest BCUT2D eigenvalue weighted by atomic mass is 9.82. The predicted molar refractivity (Wildman–Crippen MR) is 125 cm³/mol. The Kier molecular flexibility index (Phi) is 8.19. The lowest BCUT2D eigenvalue weighted by Crippen LogP contribution is -2.34. The van der Waals surface area contributed by atoms with Gasteiger partial charge < -0.3 is 20.5 Å². The van der Waals surface area contributed by atoms with Crippen LogP contribution in [-0.4, -0.2) is 35.8 Å². The second-order valence-electron chi connectivity index (χ2n) is 7.19. The minimum Gasteiger partial charge on any atom is -0.495 e. The standard InChI is InChI=1S/C23H23ClN2O5S/c1-31-20-11-6-14(24)12-19(20)26-21(27)13-32-16-9-7-15(8-10-16)25-22(28)17-4-2-3-5-18(17)23(29)30/h2-3,6-12,17-18H,4-5,13H2,1H3,(H,25,28)(H,26,27)(H,29,30). The van der Waals surface area contributed by atoms with Crippen molar-refractivity contribution in [1.82, 2.24) is 0 Å². The third-order valence-corrected chi connectivity index (χ3v) is 6.26. The van der Waals surface area contributed by atoms with E-state index in [2.05, 4.69) is 10.6 Å². The molecule has 1 aliphatic carbocycles. The number of aliphatic carboxylic acids is 1. The summed E-state index contributed by atoms with van der Waals surface area (Å²) in [6.07, 6.45) is 4.40. The molecule has 2 unspecified atom stereocenters. The van der Waals surface area contributed by atoms with Gasteiger partial charge >= 0.3 is 5.97 Å². The molecule has 2 aromatic rings. The molecule has 1 aliphatic rings. The summed E-state index contributed by atoms with van der Waals surface area (Å²) in [6, 6.07) is 12.0. The van der Waals surface area contributed by atoms with Gasteiger partial charge in [0, 0.05) is 15.6 Å². The number of carboxylic acids is 1. The molecular weight excluding hydrogens is 452 g/mol. The van der Waals surface area contributed by atoms with Gasteiger partial charge in [-0.2, -0.15) is 0 Å².